The Balaban J connectivity index is 2.31. The van der Waals surface area contributed by atoms with Crippen LogP contribution in [0.2, 0.25) is 0 Å². The normalized spacial score (nSPS) is 19.8. The Bertz CT molecular complexity index is 621. The van der Waals surface area contributed by atoms with Crippen LogP contribution in [0.4, 0.5) is 15.8 Å². The van der Waals surface area contributed by atoms with E-state index in [0.717, 1.165) is 0 Å². The van der Waals surface area contributed by atoms with Crippen molar-refractivity contribution in [1.82, 2.24) is 0 Å². The molecule has 0 saturated heterocycles. The minimum Gasteiger partial charge on any atom is -0.383 e. The molecule has 23 heavy (non-hydrogen) atoms. The molecule has 2 unspecified atom stereocenters. The third-order valence-corrected chi connectivity index (χ3v) is 4.49. The van der Waals surface area contributed by atoms with Crippen molar-refractivity contribution in [2.45, 2.75) is 19.4 Å². The Morgan fingerprint density at radius 2 is 2.26 bits per heavy atom. The zero-order chi connectivity index (χ0) is 16.8. The average Bonchev–Trinajstić information content (AvgIpc) is 2.55. The summed E-state index contributed by atoms with van der Waals surface area (Å²) in [7, 11) is 0. The first-order valence-electron chi connectivity index (χ1n) is 7.50. The fraction of sp³-hybridized carbons (Fsp3) is 0.375. The molecule has 0 bridgehead atoms. The Hall–Kier alpha value is -1.70. The van der Waals surface area contributed by atoms with Gasteiger partial charge < -0.3 is 11.1 Å². The van der Waals surface area contributed by atoms with Crippen LogP contribution in [0.5, 0.6) is 0 Å². The molecule has 2 rings (SSSR count). The van der Waals surface area contributed by atoms with Gasteiger partial charge in [-0.05, 0) is 37.1 Å². The lowest BCUT2D eigenvalue weighted by Gasteiger charge is -2.31. The highest BCUT2D eigenvalue weighted by Crippen LogP contribution is 2.33. The van der Waals surface area contributed by atoms with Crippen LogP contribution >= 0.6 is 0 Å². The first-order valence-corrected chi connectivity index (χ1v) is 8.56. The summed E-state index contributed by atoms with van der Waals surface area (Å²) in [6.45, 7) is 3.17. The van der Waals surface area contributed by atoms with Crippen LogP contribution in [-0.4, -0.2) is 27.9 Å². The number of anilines is 2. The summed E-state index contributed by atoms with van der Waals surface area (Å²) in [6, 6.07) is 6.30. The van der Waals surface area contributed by atoms with Gasteiger partial charge in [0.1, 0.15) is 11.9 Å². The van der Waals surface area contributed by atoms with E-state index >= 15 is 0 Å². The standard InChI is InChI=1S/C16H22FN3O2S/c1-12(10-18)11-19-14-7-3-5-9-16(14)20(23(21)22)15-8-4-2-6-13(15)17/h2-7,9,12,15,19H,8,10-11,18H2,1H3,(H,21,22)/t12-,15?/m1/s1. The molecule has 0 amide bonds. The second kappa shape index (κ2) is 8.24. The zero-order valence-corrected chi connectivity index (χ0v) is 13.8. The van der Waals surface area contributed by atoms with Gasteiger partial charge in [-0.25, -0.2) is 8.60 Å². The fourth-order valence-corrected chi connectivity index (χ4v) is 3.07. The number of rotatable bonds is 7. The van der Waals surface area contributed by atoms with Gasteiger partial charge in [-0.3, -0.25) is 8.86 Å². The minimum atomic E-state index is -2.35. The Kier molecular flexibility index (Phi) is 6.32. The van der Waals surface area contributed by atoms with Crippen molar-refractivity contribution in [3.8, 4) is 0 Å². The second-order valence-electron chi connectivity index (χ2n) is 5.53. The van der Waals surface area contributed by atoms with Crippen LogP contribution in [-0.2, 0) is 11.3 Å². The van der Waals surface area contributed by atoms with Crippen LogP contribution in [0, 0.1) is 5.92 Å². The molecule has 0 aromatic heterocycles. The first kappa shape index (κ1) is 17.7. The Morgan fingerprint density at radius 1 is 1.52 bits per heavy atom. The number of benzene rings is 1. The summed E-state index contributed by atoms with van der Waals surface area (Å²) >= 11 is -2.35. The number of hydrogen-bond acceptors (Lipinski definition) is 3. The monoisotopic (exact) mass is 339 g/mol. The molecule has 126 valence electrons. The Labute approximate surface area is 138 Å². The molecule has 7 heteroatoms. The van der Waals surface area contributed by atoms with Crippen molar-refractivity contribution in [2.75, 3.05) is 22.7 Å². The SMILES string of the molecule is C[C@H](CN)CNc1ccccc1N(C1CC=CC=C1F)S(=O)O. The van der Waals surface area contributed by atoms with Gasteiger partial charge in [0.15, 0.2) is 0 Å². The summed E-state index contributed by atoms with van der Waals surface area (Å²) in [5.41, 5.74) is 6.78. The van der Waals surface area contributed by atoms with Crippen molar-refractivity contribution in [1.29, 1.82) is 0 Å². The minimum absolute atomic E-state index is 0.255. The third-order valence-electron chi connectivity index (χ3n) is 3.71. The van der Waals surface area contributed by atoms with E-state index in [9.17, 15) is 13.2 Å². The predicted molar refractivity (Wildman–Crippen MR) is 93.1 cm³/mol. The largest absolute Gasteiger partial charge is 0.383 e. The number of hydrogen-bond donors (Lipinski definition) is 3. The molecule has 0 radical (unpaired) electrons. The van der Waals surface area contributed by atoms with E-state index in [1.165, 1.54) is 10.4 Å². The number of para-hydroxylation sites is 2. The molecule has 1 aromatic rings. The molecule has 0 heterocycles. The predicted octanol–water partition coefficient (Wildman–Crippen LogP) is 2.82. The average molecular weight is 339 g/mol. The Morgan fingerprint density at radius 3 is 2.91 bits per heavy atom. The van der Waals surface area contributed by atoms with E-state index in [4.69, 9.17) is 5.73 Å². The molecule has 0 spiro atoms. The maximum absolute atomic E-state index is 14.1. The summed E-state index contributed by atoms with van der Waals surface area (Å²) in [5, 5.41) is 3.23. The smallest absolute Gasteiger partial charge is 0.262 e. The lowest BCUT2D eigenvalue weighted by molar-refractivity contribution is 0.512. The van der Waals surface area contributed by atoms with Gasteiger partial charge in [0.25, 0.3) is 11.3 Å². The first-order chi connectivity index (χ1) is 11.0. The van der Waals surface area contributed by atoms with E-state index in [2.05, 4.69) is 5.32 Å². The molecule has 1 aliphatic rings. The van der Waals surface area contributed by atoms with E-state index in [1.807, 2.05) is 13.0 Å². The van der Waals surface area contributed by atoms with E-state index in [0.29, 0.717) is 30.9 Å². The molecule has 0 saturated carbocycles. The molecular weight excluding hydrogens is 317 g/mol. The van der Waals surface area contributed by atoms with Gasteiger partial charge >= 0.3 is 0 Å². The van der Waals surface area contributed by atoms with Gasteiger partial charge in [0.2, 0.25) is 0 Å². The quantitative estimate of drug-likeness (QED) is 0.668. The van der Waals surface area contributed by atoms with Crippen LogP contribution in [0.3, 0.4) is 0 Å². The van der Waals surface area contributed by atoms with E-state index < -0.39 is 23.1 Å². The van der Waals surface area contributed by atoms with Gasteiger partial charge in [0.05, 0.1) is 11.4 Å². The van der Waals surface area contributed by atoms with Gasteiger partial charge in [0, 0.05) is 6.54 Å². The maximum atomic E-state index is 14.1. The van der Waals surface area contributed by atoms with Gasteiger partial charge in [-0.2, -0.15) is 0 Å². The van der Waals surface area contributed by atoms with Gasteiger partial charge in [-0.1, -0.05) is 31.2 Å². The van der Waals surface area contributed by atoms with Crippen molar-refractivity contribution in [3.63, 3.8) is 0 Å². The zero-order valence-electron chi connectivity index (χ0n) is 13.0. The lowest BCUT2D eigenvalue weighted by Crippen LogP contribution is -2.38. The molecule has 0 aliphatic heterocycles. The highest BCUT2D eigenvalue weighted by molar-refractivity contribution is 7.80. The summed E-state index contributed by atoms with van der Waals surface area (Å²) < 4.78 is 36.9. The summed E-state index contributed by atoms with van der Waals surface area (Å²) in [6.07, 6.45) is 5.04. The lowest BCUT2D eigenvalue weighted by atomic mass is 10.1. The van der Waals surface area contributed by atoms with Gasteiger partial charge in [-0.15, -0.1) is 0 Å². The molecule has 0 fully saturated rings. The number of halogens is 1. The van der Waals surface area contributed by atoms with Crippen molar-refractivity contribution < 1.29 is 13.2 Å². The van der Waals surface area contributed by atoms with Crippen LogP contribution in [0.15, 0.2) is 48.3 Å². The summed E-state index contributed by atoms with van der Waals surface area (Å²) in [5.74, 6) is -0.176. The summed E-state index contributed by atoms with van der Waals surface area (Å²) in [4.78, 5) is 0. The fourth-order valence-electron chi connectivity index (χ4n) is 2.34. The molecule has 1 aliphatic carbocycles. The van der Waals surface area contributed by atoms with Crippen molar-refractivity contribution in [2.24, 2.45) is 11.7 Å². The number of nitrogens with two attached hydrogens (primary N) is 1. The van der Waals surface area contributed by atoms with Crippen molar-refractivity contribution >= 4 is 22.6 Å². The highest BCUT2D eigenvalue weighted by atomic mass is 32.2. The van der Waals surface area contributed by atoms with Crippen LogP contribution in [0.1, 0.15) is 13.3 Å². The molecule has 4 N–H and O–H groups in total. The maximum Gasteiger partial charge on any atom is 0.262 e. The topological polar surface area (TPSA) is 78.6 Å². The second-order valence-corrected chi connectivity index (χ2v) is 6.38. The van der Waals surface area contributed by atoms with E-state index in [1.54, 1.807) is 30.4 Å². The molecular formula is C16H22FN3O2S. The highest BCUT2D eigenvalue weighted by Gasteiger charge is 2.29. The molecule has 3 atom stereocenters. The van der Waals surface area contributed by atoms with Crippen molar-refractivity contribution in [3.05, 3.63) is 48.3 Å². The van der Waals surface area contributed by atoms with Crippen LogP contribution in [0.25, 0.3) is 0 Å². The molecule has 1 aromatic carbocycles. The molecule has 5 nitrogen and oxygen atoms in total. The number of nitrogens with one attached hydrogen (secondary N) is 1. The third kappa shape index (κ3) is 4.40. The number of nitrogens with zero attached hydrogens (tertiary/aromatic N) is 1. The van der Waals surface area contributed by atoms with Crippen LogP contribution < -0.4 is 15.4 Å². The number of allylic oxidation sites excluding steroid dienone is 2. The van der Waals surface area contributed by atoms with E-state index in [-0.39, 0.29) is 5.92 Å².